The van der Waals surface area contributed by atoms with Gasteiger partial charge in [-0.25, -0.2) is 0 Å². The number of hydrogen-bond acceptors (Lipinski definition) is 1. The van der Waals surface area contributed by atoms with Crippen LogP contribution in [0.1, 0.15) is 6.42 Å². The Morgan fingerprint density at radius 3 is 2.71 bits per heavy atom. The van der Waals surface area contributed by atoms with Crippen LogP contribution in [0.25, 0.3) is 0 Å². The van der Waals surface area contributed by atoms with Gasteiger partial charge in [0.05, 0.1) is 0 Å². The third kappa shape index (κ3) is 1.36. The molecule has 0 saturated carbocycles. The Morgan fingerprint density at radius 2 is 2.57 bits per heavy atom. The zero-order valence-corrected chi connectivity index (χ0v) is 6.43. The Balaban J connectivity index is 2.61. The average molecular weight is 178 g/mol. The highest BCUT2D eigenvalue weighted by Crippen LogP contribution is 2.19. The molecule has 7 heavy (non-hydrogen) atoms. The molecule has 38 valence electrons. The first-order chi connectivity index (χ1) is 3.29. The van der Waals surface area contributed by atoms with Crippen molar-refractivity contribution in [3.63, 3.8) is 0 Å². The summed E-state index contributed by atoms with van der Waals surface area (Å²) in [6.07, 6.45) is 2.78. The summed E-state index contributed by atoms with van der Waals surface area (Å²) in [5, 5.41) is 0. The van der Waals surface area contributed by atoms with E-state index in [1.54, 1.807) is 0 Å². The van der Waals surface area contributed by atoms with Crippen LogP contribution < -0.4 is 0 Å². The predicted octanol–water partition coefficient (Wildman–Crippen LogP) is 1.90. The summed E-state index contributed by atoms with van der Waals surface area (Å²) in [4.78, 5) is 3.99. The van der Waals surface area contributed by atoms with Crippen molar-refractivity contribution in [3.05, 3.63) is 10.7 Å². The topological polar surface area (TPSA) is 12.4 Å². The predicted molar refractivity (Wildman–Crippen MR) is 38.8 cm³/mol. The van der Waals surface area contributed by atoms with E-state index < -0.39 is 0 Å². The van der Waals surface area contributed by atoms with E-state index in [-0.39, 0.29) is 0 Å². The maximum Gasteiger partial charge on any atom is 0.0396 e. The maximum absolute atomic E-state index is 3.99. The maximum atomic E-state index is 3.99. The standard InChI is InChI=1S/C4H5BrNP/c5-3-1-4(7)6-2-3/h2H,1,7H2. The zero-order chi connectivity index (χ0) is 5.28. The molecule has 0 amide bonds. The molecule has 0 aromatic carbocycles. The Bertz CT molecular complexity index is 123. The lowest BCUT2D eigenvalue weighted by Gasteiger charge is -1.82. The molecule has 1 unspecified atom stereocenters. The lowest BCUT2D eigenvalue weighted by molar-refractivity contribution is 1.56. The van der Waals surface area contributed by atoms with Gasteiger partial charge in [-0.05, 0) is 0 Å². The van der Waals surface area contributed by atoms with E-state index in [1.807, 2.05) is 6.20 Å². The fourth-order valence-electron chi connectivity index (χ4n) is 0.417. The van der Waals surface area contributed by atoms with Crippen molar-refractivity contribution in [2.24, 2.45) is 4.99 Å². The first-order valence-electron chi connectivity index (χ1n) is 1.96. The molecule has 0 saturated heterocycles. The molecule has 1 atom stereocenters. The van der Waals surface area contributed by atoms with E-state index in [2.05, 4.69) is 30.2 Å². The molecule has 0 aromatic heterocycles. The van der Waals surface area contributed by atoms with Crippen LogP contribution in [0.4, 0.5) is 0 Å². The van der Waals surface area contributed by atoms with Crippen molar-refractivity contribution >= 4 is 30.6 Å². The van der Waals surface area contributed by atoms with Gasteiger partial charge in [0.2, 0.25) is 0 Å². The Kier molecular flexibility index (Phi) is 1.61. The Morgan fingerprint density at radius 1 is 1.86 bits per heavy atom. The monoisotopic (exact) mass is 177 g/mol. The molecule has 0 radical (unpaired) electrons. The third-order valence-corrected chi connectivity index (χ3v) is 1.56. The Hall–Kier alpha value is 0.320. The van der Waals surface area contributed by atoms with E-state index in [1.165, 1.54) is 0 Å². The highest BCUT2D eigenvalue weighted by molar-refractivity contribution is 9.11. The number of rotatable bonds is 0. The summed E-state index contributed by atoms with van der Waals surface area (Å²) in [7, 11) is 2.56. The zero-order valence-electron chi connectivity index (χ0n) is 3.69. The van der Waals surface area contributed by atoms with Crippen LogP contribution in [-0.2, 0) is 0 Å². The molecule has 1 nitrogen and oxygen atoms in total. The first kappa shape index (κ1) is 5.46. The van der Waals surface area contributed by atoms with E-state index in [9.17, 15) is 0 Å². The van der Waals surface area contributed by atoms with Gasteiger partial charge in [0, 0.05) is 22.6 Å². The number of hydrogen-bond donors (Lipinski definition) is 0. The van der Waals surface area contributed by atoms with Crippen LogP contribution in [0.2, 0.25) is 0 Å². The van der Waals surface area contributed by atoms with Gasteiger partial charge >= 0.3 is 0 Å². The number of allylic oxidation sites excluding steroid dienone is 1. The van der Waals surface area contributed by atoms with Crippen LogP contribution in [0.5, 0.6) is 0 Å². The van der Waals surface area contributed by atoms with Crippen LogP contribution in [0, 0.1) is 0 Å². The van der Waals surface area contributed by atoms with Crippen molar-refractivity contribution in [2.75, 3.05) is 0 Å². The summed E-state index contributed by atoms with van der Waals surface area (Å²) in [6, 6.07) is 0. The molecule has 0 spiro atoms. The highest BCUT2D eigenvalue weighted by atomic mass is 79.9. The molecule has 0 aromatic rings. The molecule has 0 fully saturated rings. The normalized spacial score (nSPS) is 19.1. The molecule has 0 bridgehead atoms. The van der Waals surface area contributed by atoms with Crippen LogP contribution >= 0.6 is 25.2 Å². The SMILES string of the molecule is PC1=NC=C(Br)C1. The summed E-state index contributed by atoms with van der Waals surface area (Å²) in [5.74, 6) is 0. The number of aliphatic imine (C=N–C) groups is 1. The highest BCUT2D eigenvalue weighted by Gasteiger charge is 1.99. The van der Waals surface area contributed by atoms with Crippen molar-refractivity contribution < 1.29 is 0 Å². The van der Waals surface area contributed by atoms with Gasteiger partial charge in [-0.2, -0.15) is 0 Å². The number of halogens is 1. The minimum absolute atomic E-state index is 0.963. The number of nitrogens with zero attached hydrogens (tertiary/aromatic N) is 1. The minimum atomic E-state index is 0.963. The third-order valence-electron chi connectivity index (χ3n) is 0.720. The van der Waals surface area contributed by atoms with E-state index in [0.717, 1.165) is 16.4 Å². The minimum Gasteiger partial charge on any atom is -0.260 e. The first-order valence-corrected chi connectivity index (χ1v) is 3.33. The lowest BCUT2D eigenvalue weighted by Crippen LogP contribution is -1.74. The van der Waals surface area contributed by atoms with Gasteiger partial charge in [-0.1, -0.05) is 25.2 Å². The summed E-state index contributed by atoms with van der Waals surface area (Å²) >= 11 is 3.31. The molecule has 1 aliphatic rings. The lowest BCUT2D eigenvalue weighted by atomic mass is 10.5. The molecular weight excluding hydrogens is 173 g/mol. The van der Waals surface area contributed by atoms with Gasteiger partial charge in [0.25, 0.3) is 0 Å². The fraction of sp³-hybridized carbons (Fsp3) is 0.250. The second kappa shape index (κ2) is 2.06. The van der Waals surface area contributed by atoms with Crippen LogP contribution in [0.15, 0.2) is 15.7 Å². The second-order valence-electron chi connectivity index (χ2n) is 1.37. The van der Waals surface area contributed by atoms with Gasteiger partial charge in [0.15, 0.2) is 0 Å². The van der Waals surface area contributed by atoms with Gasteiger partial charge in [0.1, 0.15) is 0 Å². The van der Waals surface area contributed by atoms with Crippen molar-refractivity contribution in [1.82, 2.24) is 0 Å². The van der Waals surface area contributed by atoms with E-state index in [4.69, 9.17) is 0 Å². The van der Waals surface area contributed by atoms with Gasteiger partial charge in [-0.3, -0.25) is 4.99 Å². The molecule has 3 heteroatoms. The quantitative estimate of drug-likeness (QED) is 0.502. The fourth-order valence-corrected chi connectivity index (χ4v) is 1.40. The van der Waals surface area contributed by atoms with Gasteiger partial charge < -0.3 is 0 Å². The van der Waals surface area contributed by atoms with Gasteiger partial charge in [-0.15, -0.1) is 0 Å². The van der Waals surface area contributed by atoms with Crippen molar-refractivity contribution in [2.45, 2.75) is 6.42 Å². The van der Waals surface area contributed by atoms with E-state index >= 15 is 0 Å². The molecule has 1 rings (SSSR count). The molecule has 0 N–H and O–H groups in total. The Labute approximate surface area is 53.2 Å². The smallest absolute Gasteiger partial charge is 0.0396 e. The molecule has 1 heterocycles. The molecular formula is C4H5BrNP. The van der Waals surface area contributed by atoms with Crippen LogP contribution in [0.3, 0.4) is 0 Å². The second-order valence-corrected chi connectivity index (χ2v) is 3.06. The summed E-state index contributed by atoms with van der Waals surface area (Å²) in [5.41, 5.74) is 1.10. The summed E-state index contributed by atoms with van der Waals surface area (Å²) < 4.78 is 1.16. The van der Waals surface area contributed by atoms with E-state index in [0.29, 0.717) is 0 Å². The van der Waals surface area contributed by atoms with Crippen LogP contribution in [-0.4, -0.2) is 5.45 Å². The average Bonchev–Trinajstić information content (AvgIpc) is 1.87. The molecule has 0 aliphatic carbocycles. The largest absolute Gasteiger partial charge is 0.260 e. The molecule has 1 aliphatic heterocycles. The van der Waals surface area contributed by atoms with Crippen molar-refractivity contribution in [1.29, 1.82) is 0 Å². The summed E-state index contributed by atoms with van der Waals surface area (Å²) in [6.45, 7) is 0. The van der Waals surface area contributed by atoms with Crippen molar-refractivity contribution in [3.8, 4) is 0 Å².